The van der Waals surface area contributed by atoms with Crippen LogP contribution in [0.2, 0.25) is 0 Å². The molecule has 0 radical (unpaired) electrons. The molecule has 6 heteroatoms. The number of hydrogen-bond acceptors (Lipinski definition) is 4. The van der Waals surface area contributed by atoms with Gasteiger partial charge in [-0.15, -0.1) is 0 Å². The van der Waals surface area contributed by atoms with Crippen LogP contribution in [0, 0.1) is 10.1 Å². The topological polar surface area (TPSA) is 84.3 Å². The van der Waals surface area contributed by atoms with Crippen LogP contribution in [-0.2, 0) is 11.3 Å². The number of hydrogen-bond donors (Lipinski definition) is 2. The summed E-state index contributed by atoms with van der Waals surface area (Å²) in [4.78, 5) is 22.0. The molecule has 1 rings (SSSR count). The highest BCUT2D eigenvalue weighted by Gasteiger charge is 2.12. The van der Waals surface area contributed by atoms with E-state index in [0.717, 1.165) is 18.4 Å². The minimum atomic E-state index is -0.426. The molecule has 0 aliphatic rings. The molecule has 0 bridgehead atoms. The van der Waals surface area contributed by atoms with E-state index in [-0.39, 0.29) is 17.6 Å². The number of rotatable bonds is 8. The van der Waals surface area contributed by atoms with E-state index in [9.17, 15) is 14.9 Å². The van der Waals surface area contributed by atoms with Crippen molar-refractivity contribution in [3.05, 3.63) is 39.9 Å². The van der Waals surface area contributed by atoms with Crippen molar-refractivity contribution < 1.29 is 9.72 Å². The summed E-state index contributed by atoms with van der Waals surface area (Å²) in [5.74, 6) is -0.0520. The molecule has 0 aliphatic carbocycles. The van der Waals surface area contributed by atoms with Crippen LogP contribution < -0.4 is 10.6 Å². The minimum Gasteiger partial charge on any atom is -0.355 e. The predicted molar refractivity (Wildman–Crippen MR) is 77.3 cm³/mol. The molecular weight excluding hydrogens is 258 g/mol. The molecule has 0 fully saturated rings. The molecular formula is C14H21N3O3. The first-order valence-electron chi connectivity index (χ1n) is 6.79. The monoisotopic (exact) mass is 279 g/mol. The SMILES string of the molecule is CCCCNC(=O)C(C)NCc1cccc([N+](=O)[O-])c1. The van der Waals surface area contributed by atoms with Gasteiger partial charge in [-0.1, -0.05) is 25.5 Å². The van der Waals surface area contributed by atoms with Crippen LogP contribution in [0.5, 0.6) is 0 Å². The van der Waals surface area contributed by atoms with E-state index >= 15 is 0 Å². The van der Waals surface area contributed by atoms with Gasteiger partial charge >= 0.3 is 0 Å². The smallest absolute Gasteiger partial charge is 0.269 e. The van der Waals surface area contributed by atoms with Gasteiger partial charge in [0.05, 0.1) is 11.0 Å². The van der Waals surface area contributed by atoms with Crippen LogP contribution in [0.15, 0.2) is 24.3 Å². The molecule has 1 amide bonds. The lowest BCUT2D eigenvalue weighted by molar-refractivity contribution is -0.384. The highest BCUT2D eigenvalue weighted by molar-refractivity contribution is 5.81. The zero-order chi connectivity index (χ0) is 15.0. The fraction of sp³-hybridized carbons (Fsp3) is 0.500. The molecule has 0 aromatic heterocycles. The summed E-state index contributed by atoms with van der Waals surface area (Å²) in [6.07, 6.45) is 2.00. The maximum absolute atomic E-state index is 11.7. The number of non-ortho nitro benzene ring substituents is 1. The fourth-order valence-electron chi connectivity index (χ4n) is 1.69. The number of benzene rings is 1. The number of nitro groups is 1. The number of nitrogens with zero attached hydrogens (tertiary/aromatic N) is 1. The van der Waals surface area contributed by atoms with E-state index in [1.165, 1.54) is 12.1 Å². The highest BCUT2D eigenvalue weighted by Crippen LogP contribution is 2.12. The summed E-state index contributed by atoms with van der Waals surface area (Å²) in [6.45, 7) is 4.94. The Labute approximate surface area is 118 Å². The van der Waals surface area contributed by atoms with Gasteiger partial charge in [0.1, 0.15) is 0 Å². The van der Waals surface area contributed by atoms with Crippen LogP contribution in [0.4, 0.5) is 5.69 Å². The third-order valence-corrected chi connectivity index (χ3v) is 2.96. The number of nitro benzene ring substituents is 1. The van der Waals surface area contributed by atoms with Crippen molar-refractivity contribution in [1.29, 1.82) is 0 Å². The van der Waals surface area contributed by atoms with Gasteiger partial charge in [0.15, 0.2) is 0 Å². The molecule has 110 valence electrons. The van der Waals surface area contributed by atoms with Gasteiger partial charge in [0.25, 0.3) is 5.69 Å². The van der Waals surface area contributed by atoms with E-state index in [1.807, 2.05) is 0 Å². The van der Waals surface area contributed by atoms with E-state index < -0.39 is 4.92 Å². The van der Waals surface area contributed by atoms with Crippen LogP contribution >= 0.6 is 0 Å². The summed E-state index contributed by atoms with van der Waals surface area (Å²) in [5.41, 5.74) is 0.844. The van der Waals surface area contributed by atoms with Gasteiger partial charge in [-0.05, 0) is 18.9 Å². The van der Waals surface area contributed by atoms with Crippen molar-refractivity contribution in [2.24, 2.45) is 0 Å². The molecule has 1 atom stereocenters. The molecule has 0 saturated heterocycles. The molecule has 6 nitrogen and oxygen atoms in total. The first-order chi connectivity index (χ1) is 9.54. The molecule has 0 spiro atoms. The number of unbranched alkanes of at least 4 members (excludes halogenated alkanes) is 1. The normalized spacial score (nSPS) is 11.9. The van der Waals surface area contributed by atoms with Gasteiger partial charge in [-0.25, -0.2) is 0 Å². The van der Waals surface area contributed by atoms with Crippen molar-refractivity contribution >= 4 is 11.6 Å². The van der Waals surface area contributed by atoms with Crippen molar-refractivity contribution in [3.63, 3.8) is 0 Å². The van der Waals surface area contributed by atoms with Gasteiger partial charge in [0, 0.05) is 25.2 Å². The predicted octanol–water partition coefficient (Wildman–Crippen LogP) is 1.99. The maximum atomic E-state index is 11.7. The summed E-state index contributed by atoms with van der Waals surface area (Å²) in [6, 6.07) is 6.06. The number of nitrogens with one attached hydrogen (secondary N) is 2. The highest BCUT2D eigenvalue weighted by atomic mass is 16.6. The second-order valence-corrected chi connectivity index (χ2v) is 4.67. The zero-order valence-corrected chi connectivity index (χ0v) is 11.9. The Balaban J connectivity index is 2.44. The zero-order valence-electron chi connectivity index (χ0n) is 11.9. The minimum absolute atomic E-state index is 0.0520. The second-order valence-electron chi connectivity index (χ2n) is 4.67. The molecule has 0 aliphatic heterocycles. The quantitative estimate of drug-likeness (QED) is 0.433. The van der Waals surface area contributed by atoms with Crippen molar-refractivity contribution in [3.8, 4) is 0 Å². The number of carbonyl (C=O) groups is 1. The Kier molecular flexibility index (Phi) is 6.66. The lowest BCUT2D eigenvalue weighted by Crippen LogP contribution is -2.42. The fourth-order valence-corrected chi connectivity index (χ4v) is 1.69. The molecule has 1 aromatic carbocycles. The van der Waals surface area contributed by atoms with E-state index in [2.05, 4.69) is 17.6 Å². The largest absolute Gasteiger partial charge is 0.355 e. The Morgan fingerprint density at radius 2 is 2.20 bits per heavy atom. The van der Waals surface area contributed by atoms with Crippen LogP contribution in [0.3, 0.4) is 0 Å². The molecule has 0 saturated carbocycles. The standard InChI is InChI=1S/C14H21N3O3/c1-3-4-8-15-14(18)11(2)16-10-12-6-5-7-13(9-12)17(19)20/h5-7,9,11,16H,3-4,8,10H2,1-2H3,(H,15,18). The third-order valence-electron chi connectivity index (χ3n) is 2.96. The van der Waals surface area contributed by atoms with E-state index in [0.29, 0.717) is 13.1 Å². The third kappa shape index (κ3) is 5.36. The Morgan fingerprint density at radius 1 is 1.45 bits per heavy atom. The number of carbonyl (C=O) groups excluding carboxylic acids is 1. The Hall–Kier alpha value is -1.95. The molecule has 1 unspecified atom stereocenters. The van der Waals surface area contributed by atoms with Gasteiger partial charge in [-0.3, -0.25) is 14.9 Å². The summed E-state index contributed by atoms with van der Waals surface area (Å²) in [5, 5.41) is 16.6. The number of amides is 1. The Bertz CT molecular complexity index is 463. The van der Waals surface area contributed by atoms with Crippen LogP contribution in [0.1, 0.15) is 32.3 Å². The molecule has 1 aromatic rings. The van der Waals surface area contributed by atoms with Crippen molar-refractivity contribution in [2.75, 3.05) is 6.54 Å². The lowest BCUT2D eigenvalue weighted by Gasteiger charge is -2.13. The van der Waals surface area contributed by atoms with Gasteiger partial charge in [0.2, 0.25) is 5.91 Å². The van der Waals surface area contributed by atoms with Crippen molar-refractivity contribution in [1.82, 2.24) is 10.6 Å². The first kappa shape index (κ1) is 16.1. The van der Waals surface area contributed by atoms with E-state index in [4.69, 9.17) is 0 Å². The Morgan fingerprint density at radius 3 is 2.85 bits per heavy atom. The van der Waals surface area contributed by atoms with Crippen LogP contribution in [-0.4, -0.2) is 23.4 Å². The lowest BCUT2D eigenvalue weighted by atomic mass is 10.2. The van der Waals surface area contributed by atoms with E-state index in [1.54, 1.807) is 19.1 Å². The van der Waals surface area contributed by atoms with Crippen LogP contribution in [0.25, 0.3) is 0 Å². The molecule has 2 N–H and O–H groups in total. The summed E-state index contributed by atoms with van der Waals surface area (Å²) >= 11 is 0. The molecule has 20 heavy (non-hydrogen) atoms. The summed E-state index contributed by atoms with van der Waals surface area (Å²) in [7, 11) is 0. The first-order valence-corrected chi connectivity index (χ1v) is 6.79. The van der Waals surface area contributed by atoms with Gasteiger partial charge < -0.3 is 10.6 Å². The van der Waals surface area contributed by atoms with Crippen molar-refractivity contribution in [2.45, 2.75) is 39.3 Å². The average molecular weight is 279 g/mol. The molecule has 0 heterocycles. The average Bonchev–Trinajstić information content (AvgIpc) is 2.45. The summed E-state index contributed by atoms with van der Waals surface area (Å²) < 4.78 is 0. The van der Waals surface area contributed by atoms with Gasteiger partial charge in [-0.2, -0.15) is 0 Å². The second kappa shape index (κ2) is 8.27. The maximum Gasteiger partial charge on any atom is 0.269 e.